The Bertz CT molecular complexity index is 907. The van der Waals surface area contributed by atoms with E-state index in [2.05, 4.69) is 15.5 Å². The largest absolute Gasteiger partial charge is 0.324 e. The van der Waals surface area contributed by atoms with Gasteiger partial charge in [-0.15, -0.1) is 16.4 Å². The molecule has 0 spiro atoms. The summed E-state index contributed by atoms with van der Waals surface area (Å²) in [6.45, 7) is 1.34. The Hall–Kier alpha value is -2.87. The highest BCUT2D eigenvalue weighted by atomic mass is 32.1. The Labute approximate surface area is 160 Å². The van der Waals surface area contributed by atoms with E-state index in [1.807, 2.05) is 5.38 Å². The first-order valence-electron chi connectivity index (χ1n) is 8.74. The zero-order chi connectivity index (χ0) is 18.6. The summed E-state index contributed by atoms with van der Waals surface area (Å²) in [4.78, 5) is 18.9. The van der Waals surface area contributed by atoms with E-state index in [-0.39, 0.29) is 11.8 Å². The number of urea groups is 1. The number of nitrogens with zero attached hydrogens (tertiary/aromatic N) is 4. The van der Waals surface area contributed by atoms with Crippen LogP contribution >= 0.6 is 11.3 Å². The summed E-state index contributed by atoms with van der Waals surface area (Å²) in [7, 11) is 0. The predicted molar refractivity (Wildman–Crippen MR) is 102 cm³/mol. The van der Waals surface area contributed by atoms with Crippen LogP contribution in [0.4, 0.5) is 15.0 Å². The van der Waals surface area contributed by atoms with Crippen LogP contribution < -0.4 is 5.32 Å². The molecule has 8 heteroatoms. The number of piperidine rings is 1. The van der Waals surface area contributed by atoms with E-state index in [1.165, 1.54) is 12.1 Å². The first-order chi connectivity index (χ1) is 13.2. The molecular formula is C19H18FN5OS. The highest BCUT2D eigenvalue weighted by Crippen LogP contribution is 2.33. The third kappa shape index (κ3) is 4.11. The smallest absolute Gasteiger partial charge is 0.323 e. The summed E-state index contributed by atoms with van der Waals surface area (Å²) in [6.07, 6.45) is 3.30. The minimum atomic E-state index is -0.249. The number of likely N-dealkylation sites (tertiary alicyclic amines) is 1. The molecule has 0 bridgehead atoms. The predicted octanol–water partition coefficient (Wildman–Crippen LogP) is 4.15. The van der Waals surface area contributed by atoms with Crippen molar-refractivity contribution in [2.75, 3.05) is 18.4 Å². The molecule has 4 rings (SSSR count). The van der Waals surface area contributed by atoms with Crippen LogP contribution in [-0.2, 0) is 0 Å². The molecule has 0 atom stereocenters. The maximum atomic E-state index is 13.1. The maximum absolute atomic E-state index is 13.1. The molecule has 1 aliphatic heterocycles. The molecule has 3 aromatic rings. The Morgan fingerprint density at radius 1 is 1.19 bits per heavy atom. The molecule has 1 aromatic carbocycles. The van der Waals surface area contributed by atoms with E-state index in [9.17, 15) is 9.18 Å². The van der Waals surface area contributed by atoms with Gasteiger partial charge in [-0.2, -0.15) is 5.10 Å². The summed E-state index contributed by atoms with van der Waals surface area (Å²) in [6, 6.07) is 9.67. The summed E-state index contributed by atoms with van der Waals surface area (Å²) in [5.74, 6) is 0.541. The van der Waals surface area contributed by atoms with Gasteiger partial charge in [-0.1, -0.05) is 0 Å². The number of hydrogen-bond acceptors (Lipinski definition) is 5. The number of hydrogen-bond donors (Lipinski definition) is 1. The topological polar surface area (TPSA) is 71.0 Å². The highest BCUT2D eigenvalue weighted by Gasteiger charge is 2.26. The van der Waals surface area contributed by atoms with Crippen LogP contribution in [0.3, 0.4) is 0 Å². The molecule has 1 aliphatic rings. The monoisotopic (exact) mass is 383 g/mol. The minimum Gasteiger partial charge on any atom is -0.324 e. The van der Waals surface area contributed by atoms with Gasteiger partial charge in [0.2, 0.25) is 0 Å². The summed E-state index contributed by atoms with van der Waals surface area (Å²) >= 11 is 1.63. The molecule has 0 saturated carbocycles. The first-order valence-corrected chi connectivity index (χ1v) is 9.62. The van der Waals surface area contributed by atoms with Crippen LogP contribution in [0, 0.1) is 5.82 Å². The van der Waals surface area contributed by atoms with Gasteiger partial charge in [0.15, 0.2) is 5.82 Å². The number of nitrogens with one attached hydrogen (secondary N) is 1. The fourth-order valence-electron chi connectivity index (χ4n) is 3.11. The maximum Gasteiger partial charge on any atom is 0.323 e. The summed E-state index contributed by atoms with van der Waals surface area (Å²) in [5.41, 5.74) is 1.79. The fraction of sp³-hybridized carbons (Fsp3) is 0.263. The molecule has 0 aliphatic carbocycles. The average molecular weight is 383 g/mol. The molecule has 2 aromatic heterocycles. The number of thiazole rings is 1. The second-order valence-electron chi connectivity index (χ2n) is 6.38. The van der Waals surface area contributed by atoms with Crippen LogP contribution in [0.5, 0.6) is 0 Å². The molecule has 138 valence electrons. The van der Waals surface area contributed by atoms with E-state index in [0.29, 0.717) is 24.8 Å². The average Bonchev–Trinajstić information content (AvgIpc) is 3.20. The lowest BCUT2D eigenvalue weighted by Gasteiger charge is -2.30. The highest BCUT2D eigenvalue weighted by molar-refractivity contribution is 7.10. The number of halogens is 1. The van der Waals surface area contributed by atoms with Crippen LogP contribution in [-0.4, -0.2) is 39.2 Å². The van der Waals surface area contributed by atoms with Gasteiger partial charge in [-0.25, -0.2) is 14.2 Å². The summed E-state index contributed by atoms with van der Waals surface area (Å²) in [5, 5.41) is 13.5. The zero-order valence-corrected chi connectivity index (χ0v) is 15.3. The Morgan fingerprint density at radius 3 is 2.67 bits per heavy atom. The molecule has 1 fully saturated rings. The number of amides is 2. The van der Waals surface area contributed by atoms with Crippen molar-refractivity contribution in [1.29, 1.82) is 0 Å². The number of carbonyl (C=O) groups is 1. The van der Waals surface area contributed by atoms with Crippen molar-refractivity contribution in [1.82, 2.24) is 20.1 Å². The Balaban J connectivity index is 1.35. The lowest BCUT2D eigenvalue weighted by atomic mass is 9.98. The van der Waals surface area contributed by atoms with E-state index < -0.39 is 0 Å². The van der Waals surface area contributed by atoms with Gasteiger partial charge >= 0.3 is 6.03 Å². The van der Waals surface area contributed by atoms with Crippen molar-refractivity contribution in [3.05, 3.63) is 58.8 Å². The summed E-state index contributed by atoms with van der Waals surface area (Å²) < 4.78 is 13.1. The molecule has 2 amide bonds. The first kappa shape index (κ1) is 17.5. The molecule has 27 heavy (non-hydrogen) atoms. The van der Waals surface area contributed by atoms with Crippen molar-refractivity contribution in [2.45, 2.75) is 18.8 Å². The van der Waals surface area contributed by atoms with E-state index in [1.54, 1.807) is 46.7 Å². The van der Waals surface area contributed by atoms with Gasteiger partial charge in [0.1, 0.15) is 5.82 Å². The van der Waals surface area contributed by atoms with Crippen molar-refractivity contribution in [3.8, 4) is 11.3 Å². The van der Waals surface area contributed by atoms with Crippen molar-refractivity contribution in [2.24, 2.45) is 0 Å². The quantitative estimate of drug-likeness (QED) is 0.738. The van der Waals surface area contributed by atoms with Gasteiger partial charge < -0.3 is 4.90 Å². The van der Waals surface area contributed by atoms with E-state index in [0.717, 1.165) is 29.1 Å². The lowest BCUT2D eigenvalue weighted by molar-refractivity contribution is 0.194. The normalized spacial score (nSPS) is 14.9. The Kier molecular flexibility index (Phi) is 5.06. The van der Waals surface area contributed by atoms with Gasteiger partial charge in [-0.05, 0) is 49.2 Å². The molecule has 0 unspecified atom stereocenters. The number of aromatic nitrogens is 3. The standard InChI is InChI=1S/C19H18FN5OS/c20-15-5-3-13(4-6-15)16-12-27-18(22-16)14-7-10-25(11-8-14)19(26)23-17-2-1-9-21-24-17/h1-6,9,12,14H,7-8,10-11H2,(H,23,24,26). The molecule has 6 nitrogen and oxygen atoms in total. The van der Waals surface area contributed by atoms with Crippen molar-refractivity contribution in [3.63, 3.8) is 0 Å². The van der Waals surface area contributed by atoms with Gasteiger partial charge in [0, 0.05) is 36.1 Å². The van der Waals surface area contributed by atoms with Crippen molar-refractivity contribution < 1.29 is 9.18 Å². The number of rotatable bonds is 3. The number of anilines is 1. The van der Waals surface area contributed by atoms with E-state index >= 15 is 0 Å². The van der Waals surface area contributed by atoms with Crippen LogP contribution in [0.15, 0.2) is 48.0 Å². The second-order valence-corrected chi connectivity index (χ2v) is 7.27. The number of carbonyl (C=O) groups excluding carboxylic acids is 1. The number of benzene rings is 1. The third-order valence-electron chi connectivity index (χ3n) is 4.60. The minimum absolute atomic E-state index is 0.153. The second kappa shape index (κ2) is 7.79. The molecule has 3 heterocycles. The van der Waals surface area contributed by atoms with Crippen LogP contribution in [0.1, 0.15) is 23.8 Å². The molecule has 1 N–H and O–H groups in total. The molecule has 1 saturated heterocycles. The zero-order valence-electron chi connectivity index (χ0n) is 14.5. The molecular weight excluding hydrogens is 365 g/mol. The third-order valence-corrected chi connectivity index (χ3v) is 5.61. The van der Waals surface area contributed by atoms with Gasteiger partial charge in [0.25, 0.3) is 0 Å². The SMILES string of the molecule is O=C(Nc1cccnn1)N1CCC(c2nc(-c3ccc(F)cc3)cs2)CC1. The van der Waals surface area contributed by atoms with Crippen LogP contribution in [0.2, 0.25) is 0 Å². The fourth-order valence-corrected chi connectivity index (χ4v) is 4.12. The van der Waals surface area contributed by atoms with Gasteiger partial charge in [0.05, 0.1) is 10.7 Å². The van der Waals surface area contributed by atoms with Crippen LogP contribution in [0.25, 0.3) is 11.3 Å². The van der Waals surface area contributed by atoms with E-state index in [4.69, 9.17) is 4.98 Å². The lowest BCUT2D eigenvalue weighted by Crippen LogP contribution is -2.40. The van der Waals surface area contributed by atoms with Gasteiger partial charge in [-0.3, -0.25) is 5.32 Å². The van der Waals surface area contributed by atoms with Crippen molar-refractivity contribution >= 4 is 23.2 Å². The Morgan fingerprint density at radius 2 is 1.96 bits per heavy atom. The molecule has 0 radical (unpaired) electrons.